The van der Waals surface area contributed by atoms with Crippen molar-refractivity contribution < 1.29 is 19.0 Å². The van der Waals surface area contributed by atoms with E-state index in [4.69, 9.17) is 14.6 Å². The van der Waals surface area contributed by atoms with Gasteiger partial charge in [0.05, 0.1) is 18.8 Å². The van der Waals surface area contributed by atoms with E-state index in [1.54, 1.807) is 13.8 Å². The Morgan fingerprint density at radius 1 is 1.65 bits per heavy atom. The van der Waals surface area contributed by atoms with Crippen molar-refractivity contribution in [3.63, 3.8) is 0 Å². The Bertz CT molecular complexity index is 395. The van der Waals surface area contributed by atoms with Crippen LogP contribution in [0.4, 0.5) is 4.39 Å². The van der Waals surface area contributed by atoms with Crippen molar-refractivity contribution in [2.24, 2.45) is 0 Å². The number of rotatable bonds is 6. The lowest BCUT2D eigenvalue weighted by Crippen LogP contribution is -2.18. The molecule has 0 aromatic carbocycles. The molecule has 0 bridgehead atoms. The molecule has 0 saturated carbocycles. The molecule has 1 heterocycles. The first-order chi connectivity index (χ1) is 8.10. The topological polar surface area (TPSA) is 51.6 Å². The minimum atomic E-state index is -0.633. The van der Waals surface area contributed by atoms with E-state index in [9.17, 15) is 4.39 Å². The van der Waals surface area contributed by atoms with Crippen LogP contribution in [0.1, 0.15) is 19.4 Å². The van der Waals surface area contributed by atoms with Gasteiger partial charge in [0.15, 0.2) is 5.82 Å². The predicted octanol–water partition coefficient (Wildman–Crippen LogP) is 1.99. The van der Waals surface area contributed by atoms with Gasteiger partial charge in [-0.25, -0.2) is 9.37 Å². The molecule has 1 N–H and O–H groups in total. The zero-order valence-electron chi connectivity index (χ0n) is 9.94. The minimum absolute atomic E-state index is 0.162. The Morgan fingerprint density at radius 3 is 2.94 bits per heavy atom. The van der Waals surface area contributed by atoms with E-state index >= 15 is 0 Å². The number of aliphatic hydroxyl groups excluding tert-OH is 1. The molecule has 0 fully saturated rings. The van der Waals surface area contributed by atoms with Gasteiger partial charge in [-0.2, -0.15) is 0 Å². The quantitative estimate of drug-likeness (QED) is 0.774. The number of aromatic nitrogens is 1. The number of nitrogens with zero attached hydrogens (tertiary/aromatic N) is 1. The van der Waals surface area contributed by atoms with Crippen LogP contribution < -0.4 is 4.74 Å². The lowest BCUT2D eigenvalue weighted by atomic mass is 10.2. The Hall–Kier alpha value is -1.62. The smallest absolute Gasteiger partial charge is 0.251 e. The van der Waals surface area contributed by atoms with Crippen LogP contribution in [-0.4, -0.2) is 29.4 Å². The van der Waals surface area contributed by atoms with E-state index in [-0.39, 0.29) is 23.8 Å². The van der Waals surface area contributed by atoms with Gasteiger partial charge in [0.25, 0.3) is 5.88 Å². The molecule has 1 atom stereocenters. The fraction of sp³-hybridized carbons (Fsp3) is 0.417. The van der Waals surface area contributed by atoms with Crippen molar-refractivity contribution in [2.75, 3.05) is 13.2 Å². The van der Waals surface area contributed by atoms with Crippen LogP contribution in [-0.2, 0) is 4.74 Å². The molecule has 1 aromatic rings. The molecule has 94 valence electrons. The monoisotopic (exact) mass is 241 g/mol. The summed E-state index contributed by atoms with van der Waals surface area (Å²) in [7, 11) is 0. The number of ether oxygens (including phenoxy) is 2. The summed E-state index contributed by atoms with van der Waals surface area (Å²) in [6.07, 6.45) is 0.884. The van der Waals surface area contributed by atoms with Gasteiger partial charge in [-0.15, -0.1) is 0 Å². The minimum Gasteiger partial charge on any atom is -0.494 e. The standard InChI is InChI=1S/C12H16FNO3/c1-4-16-9(3)10-5-6-14-12(11(10)13)17-8(2)7-15/h5-6,8,15H,3-4,7H2,1-2H3. The third-order valence-corrected chi connectivity index (χ3v) is 2.05. The van der Waals surface area contributed by atoms with Gasteiger partial charge in [0, 0.05) is 6.20 Å². The van der Waals surface area contributed by atoms with E-state index in [1.807, 2.05) is 0 Å². The van der Waals surface area contributed by atoms with Crippen molar-refractivity contribution in [3.8, 4) is 5.88 Å². The van der Waals surface area contributed by atoms with Gasteiger partial charge < -0.3 is 14.6 Å². The van der Waals surface area contributed by atoms with Crippen LogP contribution in [0.15, 0.2) is 18.8 Å². The Labute approximate surface area is 99.7 Å². The Balaban J connectivity index is 2.94. The lowest BCUT2D eigenvalue weighted by Gasteiger charge is -2.14. The van der Waals surface area contributed by atoms with Gasteiger partial charge in [-0.3, -0.25) is 0 Å². The maximum atomic E-state index is 13.9. The van der Waals surface area contributed by atoms with Crippen molar-refractivity contribution in [1.29, 1.82) is 0 Å². The van der Waals surface area contributed by atoms with Gasteiger partial charge in [0.1, 0.15) is 11.9 Å². The van der Waals surface area contributed by atoms with Crippen LogP contribution in [0.2, 0.25) is 0 Å². The van der Waals surface area contributed by atoms with E-state index in [2.05, 4.69) is 11.6 Å². The maximum absolute atomic E-state index is 13.9. The molecule has 1 rings (SSSR count). The first-order valence-electron chi connectivity index (χ1n) is 5.34. The van der Waals surface area contributed by atoms with Crippen LogP contribution >= 0.6 is 0 Å². The summed E-state index contributed by atoms with van der Waals surface area (Å²) in [5, 5.41) is 8.83. The Morgan fingerprint density at radius 2 is 2.35 bits per heavy atom. The fourth-order valence-corrected chi connectivity index (χ4v) is 1.20. The highest BCUT2D eigenvalue weighted by atomic mass is 19.1. The predicted molar refractivity (Wildman–Crippen MR) is 62.0 cm³/mol. The van der Waals surface area contributed by atoms with Crippen LogP contribution in [0, 0.1) is 5.82 Å². The van der Waals surface area contributed by atoms with Crippen molar-refractivity contribution in [1.82, 2.24) is 4.98 Å². The molecule has 0 radical (unpaired) electrons. The van der Waals surface area contributed by atoms with Crippen LogP contribution in [0.5, 0.6) is 5.88 Å². The molecule has 0 saturated heterocycles. The van der Waals surface area contributed by atoms with Crippen LogP contribution in [0.25, 0.3) is 5.76 Å². The van der Waals surface area contributed by atoms with Crippen LogP contribution in [0.3, 0.4) is 0 Å². The molecule has 0 amide bonds. The summed E-state index contributed by atoms with van der Waals surface area (Å²) < 4.78 is 24.2. The van der Waals surface area contributed by atoms with Gasteiger partial charge in [-0.1, -0.05) is 6.58 Å². The number of halogens is 1. The second-order valence-corrected chi connectivity index (χ2v) is 3.44. The molecule has 1 aromatic heterocycles. The summed E-state index contributed by atoms with van der Waals surface area (Å²) in [4.78, 5) is 3.76. The normalized spacial score (nSPS) is 12.0. The largest absolute Gasteiger partial charge is 0.494 e. The average molecular weight is 241 g/mol. The second kappa shape index (κ2) is 6.20. The highest BCUT2D eigenvalue weighted by Crippen LogP contribution is 2.24. The number of hydrogen-bond acceptors (Lipinski definition) is 4. The van der Waals surface area contributed by atoms with Crippen molar-refractivity contribution >= 4 is 5.76 Å². The first kappa shape index (κ1) is 13.4. The highest BCUT2D eigenvalue weighted by Gasteiger charge is 2.15. The van der Waals surface area contributed by atoms with Crippen molar-refractivity contribution in [3.05, 3.63) is 30.2 Å². The number of hydrogen-bond donors (Lipinski definition) is 1. The molecule has 0 aliphatic carbocycles. The SMILES string of the molecule is C=C(OCC)c1ccnc(OC(C)CO)c1F. The van der Waals surface area contributed by atoms with E-state index in [0.29, 0.717) is 6.61 Å². The fourth-order valence-electron chi connectivity index (χ4n) is 1.20. The summed E-state index contributed by atoms with van der Waals surface area (Å²) in [5.41, 5.74) is 0.210. The first-order valence-corrected chi connectivity index (χ1v) is 5.34. The van der Waals surface area contributed by atoms with E-state index in [1.165, 1.54) is 12.3 Å². The third-order valence-electron chi connectivity index (χ3n) is 2.05. The molecule has 1 unspecified atom stereocenters. The molecule has 5 heteroatoms. The molecular weight excluding hydrogens is 225 g/mol. The molecule has 0 aliphatic heterocycles. The molecule has 4 nitrogen and oxygen atoms in total. The molecule has 0 spiro atoms. The van der Waals surface area contributed by atoms with Crippen molar-refractivity contribution in [2.45, 2.75) is 20.0 Å². The summed E-state index contributed by atoms with van der Waals surface area (Å²) in [6.45, 7) is 7.22. The zero-order valence-corrected chi connectivity index (χ0v) is 9.94. The number of aliphatic hydroxyl groups is 1. The highest BCUT2D eigenvalue weighted by molar-refractivity contribution is 5.58. The summed E-state index contributed by atoms with van der Waals surface area (Å²) >= 11 is 0. The molecule has 0 aliphatic rings. The average Bonchev–Trinajstić information content (AvgIpc) is 2.32. The van der Waals surface area contributed by atoms with Gasteiger partial charge in [0.2, 0.25) is 0 Å². The Kier molecular flexibility index (Phi) is 4.90. The van der Waals surface area contributed by atoms with E-state index in [0.717, 1.165) is 0 Å². The molecule has 17 heavy (non-hydrogen) atoms. The zero-order chi connectivity index (χ0) is 12.8. The van der Waals surface area contributed by atoms with E-state index < -0.39 is 11.9 Å². The second-order valence-electron chi connectivity index (χ2n) is 3.44. The van der Waals surface area contributed by atoms with Gasteiger partial charge in [-0.05, 0) is 19.9 Å². The summed E-state index contributed by atoms with van der Waals surface area (Å²) in [5.74, 6) is -0.565. The maximum Gasteiger partial charge on any atom is 0.251 e. The lowest BCUT2D eigenvalue weighted by molar-refractivity contribution is 0.120. The molecular formula is C12H16FNO3. The third kappa shape index (κ3) is 3.42. The van der Waals surface area contributed by atoms with Gasteiger partial charge >= 0.3 is 0 Å². The summed E-state index contributed by atoms with van der Waals surface area (Å²) in [6, 6.07) is 1.46. The number of pyridine rings is 1.